The summed E-state index contributed by atoms with van der Waals surface area (Å²) in [5, 5.41) is 0. The van der Waals surface area contributed by atoms with E-state index in [4.69, 9.17) is 14.6 Å². The third kappa shape index (κ3) is 3.55. The van der Waals surface area contributed by atoms with Gasteiger partial charge in [-0.1, -0.05) is 25.7 Å². The van der Waals surface area contributed by atoms with Crippen LogP contribution in [-0.2, 0) is 8.85 Å². The summed E-state index contributed by atoms with van der Waals surface area (Å²) >= 11 is 0. The fourth-order valence-corrected chi connectivity index (χ4v) is 6.56. The number of unbranched alkanes of at least 4 members (excludes halogenated alkanes) is 1. The molecule has 0 aromatic heterocycles. The molecule has 1 aliphatic carbocycles. The zero-order valence-corrected chi connectivity index (χ0v) is 11.8. The SMILES string of the molecule is CO[Si](CCCCN)(OC)C1CCCCC1. The average Bonchev–Trinajstić information content (AvgIpc) is 2.36. The number of rotatable bonds is 7. The fourth-order valence-electron chi connectivity index (χ4n) is 2.88. The fraction of sp³-hybridized carbons (Fsp3) is 1.00. The second-order valence-corrected chi connectivity index (χ2v) is 8.56. The van der Waals surface area contributed by atoms with Crippen molar-refractivity contribution in [1.82, 2.24) is 0 Å². The molecule has 0 radical (unpaired) electrons. The largest absolute Gasteiger partial charge is 0.397 e. The second kappa shape index (κ2) is 7.43. The van der Waals surface area contributed by atoms with Crippen molar-refractivity contribution in [2.45, 2.75) is 56.5 Å². The second-order valence-electron chi connectivity index (χ2n) is 4.80. The Morgan fingerprint density at radius 1 is 1.06 bits per heavy atom. The highest BCUT2D eigenvalue weighted by molar-refractivity contribution is 6.69. The van der Waals surface area contributed by atoms with Crippen LogP contribution in [0.15, 0.2) is 0 Å². The van der Waals surface area contributed by atoms with Gasteiger partial charge in [0.25, 0.3) is 0 Å². The molecule has 0 unspecified atom stereocenters. The van der Waals surface area contributed by atoms with Gasteiger partial charge in [0.1, 0.15) is 0 Å². The average molecular weight is 245 g/mol. The minimum atomic E-state index is -1.94. The van der Waals surface area contributed by atoms with Gasteiger partial charge in [0.05, 0.1) is 0 Å². The zero-order valence-electron chi connectivity index (χ0n) is 10.8. The predicted octanol–water partition coefficient (Wildman–Crippen LogP) is 2.79. The Labute approximate surface area is 101 Å². The van der Waals surface area contributed by atoms with E-state index in [2.05, 4.69) is 0 Å². The predicted molar refractivity (Wildman–Crippen MR) is 69.7 cm³/mol. The molecule has 0 amide bonds. The number of hydrogen-bond donors (Lipinski definition) is 1. The molecular formula is C12H27NO2Si. The van der Waals surface area contributed by atoms with Crippen LogP contribution in [-0.4, -0.2) is 29.3 Å². The molecule has 0 heterocycles. The summed E-state index contributed by atoms with van der Waals surface area (Å²) in [6.07, 6.45) is 8.94. The minimum absolute atomic E-state index is 0.703. The Morgan fingerprint density at radius 2 is 1.69 bits per heavy atom. The maximum atomic E-state index is 5.85. The standard InChI is InChI=1S/C12H27NO2Si/c1-14-16(15-2,11-7-6-10-13)12-8-4-3-5-9-12/h12H,3-11,13H2,1-2H3. The van der Waals surface area contributed by atoms with Gasteiger partial charge < -0.3 is 14.6 Å². The van der Waals surface area contributed by atoms with Crippen molar-refractivity contribution in [1.29, 1.82) is 0 Å². The highest BCUT2D eigenvalue weighted by atomic mass is 28.4. The van der Waals surface area contributed by atoms with E-state index in [1.165, 1.54) is 32.1 Å². The summed E-state index contributed by atoms with van der Waals surface area (Å²) in [6, 6.07) is 1.11. The molecule has 1 saturated carbocycles. The third-order valence-electron chi connectivity index (χ3n) is 3.90. The summed E-state index contributed by atoms with van der Waals surface area (Å²) in [4.78, 5) is 0. The van der Waals surface area contributed by atoms with E-state index in [1.54, 1.807) is 0 Å². The zero-order chi connectivity index (χ0) is 11.9. The lowest BCUT2D eigenvalue weighted by Gasteiger charge is -2.37. The van der Waals surface area contributed by atoms with Gasteiger partial charge in [-0.2, -0.15) is 0 Å². The highest BCUT2D eigenvalue weighted by Crippen LogP contribution is 2.40. The van der Waals surface area contributed by atoms with E-state index >= 15 is 0 Å². The molecule has 0 aromatic carbocycles. The van der Waals surface area contributed by atoms with Gasteiger partial charge in [-0.25, -0.2) is 0 Å². The highest BCUT2D eigenvalue weighted by Gasteiger charge is 2.43. The first-order chi connectivity index (χ1) is 7.79. The molecule has 0 spiro atoms. The Balaban J connectivity index is 2.54. The lowest BCUT2D eigenvalue weighted by atomic mass is 10.0. The smallest absolute Gasteiger partial charge is 0.340 e. The van der Waals surface area contributed by atoms with Gasteiger partial charge in [0.15, 0.2) is 0 Å². The Hall–Kier alpha value is 0.0969. The molecular weight excluding hydrogens is 218 g/mol. The molecule has 0 aliphatic heterocycles. The first-order valence-electron chi connectivity index (χ1n) is 6.59. The van der Waals surface area contributed by atoms with E-state index in [9.17, 15) is 0 Å². The van der Waals surface area contributed by atoms with Gasteiger partial charge >= 0.3 is 8.56 Å². The first kappa shape index (κ1) is 14.2. The van der Waals surface area contributed by atoms with Crippen molar-refractivity contribution in [3.63, 3.8) is 0 Å². The topological polar surface area (TPSA) is 44.5 Å². The molecule has 3 nitrogen and oxygen atoms in total. The molecule has 2 N–H and O–H groups in total. The molecule has 1 aliphatic rings. The van der Waals surface area contributed by atoms with Crippen LogP contribution in [0.25, 0.3) is 0 Å². The summed E-state index contributed by atoms with van der Waals surface area (Å²) in [7, 11) is 1.74. The van der Waals surface area contributed by atoms with Crippen molar-refractivity contribution >= 4 is 8.56 Å². The van der Waals surface area contributed by atoms with Crippen molar-refractivity contribution in [3.05, 3.63) is 0 Å². The third-order valence-corrected chi connectivity index (χ3v) is 8.15. The minimum Gasteiger partial charge on any atom is -0.397 e. The summed E-state index contributed by atoms with van der Waals surface area (Å²) in [5.41, 5.74) is 6.26. The molecule has 16 heavy (non-hydrogen) atoms. The van der Waals surface area contributed by atoms with Crippen LogP contribution in [0.2, 0.25) is 11.6 Å². The van der Waals surface area contributed by atoms with E-state index in [0.717, 1.165) is 25.4 Å². The normalized spacial score (nSPS) is 18.9. The summed E-state index contributed by atoms with van der Waals surface area (Å²) in [5.74, 6) is 0. The van der Waals surface area contributed by atoms with Crippen LogP contribution in [0.1, 0.15) is 44.9 Å². The summed E-state index contributed by atoms with van der Waals surface area (Å²) < 4.78 is 11.7. The van der Waals surface area contributed by atoms with Gasteiger partial charge in [-0.3, -0.25) is 0 Å². The van der Waals surface area contributed by atoms with E-state index in [1.807, 2.05) is 14.2 Å². The van der Waals surface area contributed by atoms with Crippen molar-refractivity contribution in [2.24, 2.45) is 5.73 Å². The Kier molecular flexibility index (Phi) is 6.57. The van der Waals surface area contributed by atoms with Gasteiger partial charge in [0.2, 0.25) is 0 Å². The van der Waals surface area contributed by atoms with Crippen LogP contribution in [0, 0.1) is 0 Å². The van der Waals surface area contributed by atoms with Crippen LogP contribution >= 0.6 is 0 Å². The molecule has 0 bridgehead atoms. The van der Waals surface area contributed by atoms with E-state index in [0.29, 0.717) is 5.54 Å². The van der Waals surface area contributed by atoms with Crippen LogP contribution in [0.3, 0.4) is 0 Å². The van der Waals surface area contributed by atoms with Crippen molar-refractivity contribution < 1.29 is 8.85 Å². The molecule has 0 atom stereocenters. The van der Waals surface area contributed by atoms with Crippen LogP contribution in [0.5, 0.6) is 0 Å². The molecule has 96 valence electrons. The Morgan fingerprint density at radius 3 is 2.19 bits per heavy atom. The quantitative estimate of drug-likeness (QED) is 0.554. The molecule has 0 aromatic rings. The van der Waals surface area contributed by atoms with Gasteiger partial charge in [-0.15, -0.1) is 0 Å². The van der Waals surface area contributed by atoms with E-state index in [-0.39, 0.29) is 0 Å². The molecule has 1 fully saturated rings. The van der Waals surface area contributed by atoms with Crippen molar-refractivity contribution in [3.8, 4) is 0 Å². The number of nitrogens with two attached hydrogens (primary N) is 1. The van der Waals surface area contributed by atoms with E-state index < -0.39 is 8.56 Å². The van der Waals surface area contributed by atoms with Crippen molar-refractivity contribution in [2.75, 3.05) is 20.8 Å². The number of hydrogen-bond acceptors (Lipinski definition) is 3. The van der Waals surface area contributed by atoms with Crippen LogP contribution in [0.4, 0.5) is 0 Å². The monoisotopic (exact) mass is 245 g/mol. The molecule has 4 heteroatoms. The lowest BCUT2D eigenvalue weighted by molar-refractivity contribution is 0.215. The molecule has 0 saturated heterocycles. The van der Waals surface area contributed by atoms with Gasteiger partial charge in [-0.05, 0) is 31.9 Å². The van der Waals surface area contributed by atoms with Crippen LogP contribution < -0.4 is 5.73 Å². The molecule has 1 rings (SSSR count). The van der Waals surface area contributed by atoms with Gasteiger partial charge in [0, 0.05) is 19.8 Å². The maximum absolute atomic E-state index is 5.85. The Bertz CT molecular complexity index is 180. The maximum Gasteiger partial charge on any atom is 0.340 e. The lowest BCUT2D eigenvalue weighted by Crippen LogP contribution is -2.45. The first-order valence-corrected chi connectivity index (χ1v) is 8.69. The summed E-state index contributed by atoms with van der Waals surface area (Å²) in [6.45, 7) is 0.780.